The lowest BCUT2D eigenvalue weighted by atomic mass is 10.1. The van der Waals surface area contributed by atoms with E-state index in [0.717, 1.165) is 10.0 Å². The van der Waals surface area contributed by atoms with E-state index in [9.17, 15) is 0 Å². The molecule has 90 valence electrons. The van der Waals surface area contributed by atoms with Gasteiger partial charge in [-0.2, -0.15) is 5.26 Å². The van der Waals surface area contributed by atoms with Crippen LogP contribution in [0.5, 0.6) is 0 Å². The summed E-state index contributed by atoms with van der Waals surface area (Å²) in [6.07, 6.45) is 1.57. The Morgan fingerprint density at radius 2 is 2.22 bits per heavy atom. The maximum absolute atomic E-state index is 8.78. The molecule has 18 heavy (non-hydrogen) atoms. The van der Waals surface area contributed by atoms with Crippen LogP contribution in [0.25, 0.3) is 0 Å². The summed E-state index contributed by atoms with van der Waals surface area (Å²) in [6.45, 7) is 2.02. The quantitative estimate of drug-likeness (QED) is 0.945. The van der Waals surface area contributed by atoms with Crippen LogP contribution >= 0.6 is 15.9 Å². The van der Waals surface area contributed by atoms with Crippen LogP contribution in [0.1, 0.15) is 24.2 Å². The molecule has 2 rings (SSSR count). The van der Waals surface area contributed by atoms with Gasteiger partial charge in [-0.25, -0.2) is 9.97 Å². The highest BCUT2D eigenvalue weighted by Gasteiger charge is 2.07. The SMILES string of the molecule is CC(Nc1nccc(C#N)n1)c1cccc(Br)c1. The molecule has 0 aliphatic rings. The molecule has 5 heteroatoms. The third kappa shape index (κ3) is 3.05. The molecule has 2 aromatic rings. The van der Waals surface area contributed by atoms with Gasteiger partial charge in [0.15, 0.2) is 0 Å². The van der Waals surface area contributed by atoms with E-state index in [0.29, 0.717) is 11.6 Å². The van der Waals surface area contributed by atoms with Crippen LogP contribution in [0.15, 0.2) is 41.0 Å². The van der Waals surface area contributed by atoms with E-state index >= 15 is 0 Å². The fraction of sp³-hybridized carbons (Fsp3) is 0.154. The number of halogens is 1. The summed E-state index contributed by atoms with van der Waals surface area (Å²) in [5.41, 5.74) is 1.48. The molecular formula is C13H11BrN4. The molecule has 0 aliphatic heterocycles. The largest absolute Gasteiger partial charge is 0.348 e. The van der Waals surface area contributed by atoms with Crippen molar-refractivity contribution in [3.63, 3.8) is 0 Å². The molecule has 0 bridgehead atoms. The van der Waals surface area contributed by atoms with Crippen molar-refractivity contribution in [2.75, 3.05) is 5.32 Å². The monoisotopic (exact) mass is 302 g/mol. The number of nitrogens with one attached hydrogen (secondary N) is 1. The zero-order chi connectivity index (χ0) is 13.0. The average Bonchev–Trinajstić information content (AvgIpc) is 2.39. The average molecular weight is 303 g/mol. The summed E-state index contributed by atoms with van der Waals surface area (Å²) in [6, 6.07) is 11.6. The zero-order valence-corrected chi connectivity index (χ0v) is 11.3. The molecule has 1 aromatic carbocycles. The van der Waals surface area contributed by atoms with Crippen molar-refractivity contribution in [2.24, 2.45) is 0 Å². The highest BCUT2D eigenvalue weighted by Crippen LogP contribution is 2.20. The van der Waals surface area contributed by atoms with E-state index in [1.165, 1.54) is 0 Å². The van der Waals surface area contributed by atoms with Gasteiger partial charge in [-0.15, -0.1) is 0 Å². The maximum Gasteiger partial charge on any atom is 0.224 e. The fourth-order valence-corrected chi connectivity index (χ4v) is 1.96. The molecular weight excluding hydrogens is 292 g/mol. The fourth-order valence-electron chi connectivity index (χ4n) is 1.54. The molecule has 0 radical (unpaired) electrons. The van der Waals surface area contributed by atoms with Gasteiger partial charge in [-0.1, -0.05) is 28.1 Å². The number of rotatable bonds is 3. The normalized spacial score (nSPS) is 11.6. The van der Waals surface area contributed by atoms with Gasteiger partial charge in [0.25, 0.3) is 0 Å². The van der Waals surface area contributed by atoms with Crippen LogP contribution in [0, 0.1) is 11.3 Å². The Morgan fingerprint density at radius 1 is 1.39 bits per heavy atom. The smallest absolute Gasteiger partial charge is 0.224 e. The number of hydrogen-bond acceptors (Lipinski definition) is 4. The Labute approximate surface area is 114 Å². The predicted molar refractivity (Wildman–Crippen MR) is 72.9 cm³/mol. The molecule has 0 fully saturated rings. The van der Waals surface area contributed by atoms with Gasteiger partial charge in [0.1, 0.15) is 11.8 Å². The Morgan fingerprint density at radius 3 is 2.94 bits per heavy atom. The van der Waals surface area contributed by atoms with Crippen molar-refractivity contribution in [2.45, 2.75) is 13.0 Å². The van der Waals surface area contributed by atoms with E-state index in [1.807, 2.05) is 37.3 Å². The Balaban J connectivity index is 2.16. The summed E-state index contributed by atoms with van der Waals surface area (Å²) < 4.78 is 1.03. The van der Waals surface area contributed by atoms with Gasteiger partial charge in [0, 0.05) is 10.7 Å². The third-order valence-corrected chi connectivity index (χ3v) is 2.96. The van der Waals surface area contributed by atoms with E-state index in [-0.39, 0.29) is 6.04 Å². The zero-order valence-electron chi connectivity index (χ0n) is 9.76. The highest BCUT2D eigenvalue weighted by molar-refractivity contribution is 9.10. The van der Waals surface area contributed by atoms with Crippen molar-refractivity contribution in [3.8, 4) is 6.07 Å². The van der Waals surface area contributed by atoms with Crippen LogP contribution in [-0.4, -0.2) is 9.97 Å². The number of anilines is 1. The first-order chi connectivity index (χ1) is 8.69. The lowest BCUT2D eigenvalue weighted by Crippen LogP contribution is -2.09. The first-order valence-electron chi connectivity index (χ1n) is 5.44. The van der Waals surface area contributed by atoms with E-state index in [1.54, 1.807) is 12.3 Å². The van der Waals surface area contributed by atoms with Crippen LogP contribution in [-0.2, 0) is 0 Å². The Hall–Kier alpha value is -1.93. The molecule has 1 N–H and O–H groups in total. The summed E-state index contributed by atoms with van der Waals surface area (Å²) in [5, 5.41) is 11.9. The summed E-state index contributed by atoms with van der Waals surface area (Å²) in [7, 11) is 0. The summed E-state index contributed by atoms with van der Waals surface area (Å²) in [5.74, 6) is 0.460. The van der Waals surface area contributed by atoms with E-state index < -0.39 is 0 Å². The van der Waals surface area contributed by atoms with Gasteiger partial charge in [-0.05, 0) is 30.7 Å². The van der Waals surface area contributed by atoms with Gasteiger partial charge in [-0.3, -0.25) is 0 Å². The van der Waals surface area contributed by atoms with Crippen molar-refractivity contribution < 1.29 is 0 Å². The molecule has 0 spiro atoms. The van der Waals surface area contributed by atoms with Gasteiger partial charge in [0.05, 0.1) is 6.04 Å². The second-order valence-electron chi connectivity index (χ2n) is 3.80. The van der Waals surface area contributed by atoms with Gasteiger partial charge in [0.2, 0.25) is 5.95 Å². The standard InChI is InChI=1S/C13H11BrN4/c1-9(10-3-2-4-11(14)7-10)17-13-16-6-5-12(8-15)18-13/h2-7,9H,1H3,(H,16,17,18). The van der Waals surface area contributed by atoms with Crippen LogP contribution in [0.2, 0.25) is 0 Å². The molecule has 1 heterocycles. The van der Waals surface area contributed by atoms with Crippen LogP contribution < -0.4 is 5.32 Å². The molecule has 1 unspecified atom stereocenters. The molecule has 4 nitrogen and oxygen atoms in total. The number of aromatic nitrogens is 2. The lowest BCUT2D eigenvalue weighted by Gasteiger charge is -2.14. The van der Waals surface area contributed by atoms with Crippen molar-refractivity contribution in [3.05, 3.63) is 52.3 Å². The van der Waals surface area contributed by atoms with Crippen molar-refractivity contribution >= 4 is 21.9 Å². The first-order valence-corrected chi connectivity index (χ1v) is 6.23. The van der Waals surface area contributed by atoms with Crippen LogP contribution in [0.3, 0.4) is 0 Å². The minimum atomic E-state index is 0.0662. The number of benzene rings is 1. The lowest BCUT2D eigenvalue weighted by molar-refractivity contribution is 0.858. The Bertz CT molecular complexity index is 592. The minimum Gasteiger partial charge on any atom is -0.348 e. The highest BCUT2D eigenvalue weighted by atomic mass is 79.9. The first kappa shape index (κ1) is 12.5. The third-order valence-electron chi connectivity index (χ3n) is 2.46. The van der Waals surface area contributed by atoms with E-state index in [4.69, 9.17) is 5.26 Å². The molecule has 0 amide bonds. The van der Waals surface area contributed by atoms with Gasteiger partial charge >= 0.3 is 0 Å². The maximum atomic E-state index is 8.78. The minimum absolute atomic E-state index is 0.0662. The molecule has 0 aliphatic carbocycles. The summed E-state index contributed by atoms with van der Waals surface area (Å²) >= 11 is 3.44. The number of hydrogen-bond donors (Lipinski definition) is 1. The second-order valence-corrected chi connectivity index (χ2v) is 4.71. The molecule has 1 aromatic heterocycles. The molecule has 1 atom stereocenters. The number of nitrogens with zero attached hydrogens (tertiary/aromatic N) is 3. The summed E-state index contributed by atoms with van der Waals surface area (Å²) in [4.78, 5) is 8.17. The van der Waals surface area contributed by atoms with Crippen molar-refractivity contribution in [1.29, 1.82) is 5.26 Å². The Kier molecular flexibility index (Phi) is 3.90. The number of nitriles is 1. The second kappa shape index (κ2) is 5.61. The predicted octanol–water partition coefficient (Wildman–Crippen LogP) is 3.28. The molecule has 0 saturated carbocycles. The van der Waals surface area contributed by atoms with Crippen LogP contribution in [0.4, 0.5) is 5.95 Å². The van der Waals surface area contributed by atoms with E-state index in [2.05, 4.69) is 31.2 Å². The topological polar surface area (TPSA) is 61.6 Å². The van der Waals surface area contributed by atoms with Gasteiger partial charge < -0.3 is 5.32 Å². The van der Waals surface area contributed by atoms with Crippen molar-refractivity contribution in [1.82, 2.24) is 9.97 Å². The molecule has 0 saturated heterocycles.